The molecule has 2 aromatic heterocycles. The summed E-state index contributed by atoms with van der Waals surface area (Å²) in [6.07, 6.45) is 4.55. The summed E-state index contributed by atoms with van der Waals surface area (Å²) >= 11 is 11.8. The number of pyridine rings is 1. The van der Waals surface area contributed by atoms with E-state index in [0.717, 1.165) is 0 Å². The molecule has 0 fully saturated rings. The van der Waals surface area contributed by atoms with Gasteiger partial charge in [0, 0.05) is 22.8 Å². The fraction of sp³-hybridized carbons (Fsp3) is 0. The quantitative estimate of drug-likeness (QED) is 0.763. The van der Waals surface area contributed by atoms with Gasteiger partial charge in [0.2, 0.25) is 0 Å². The molecule has 0 radical (unpaired) electrons. The van der Waals surface area contributed by atoms with Crippen LogP contribution < -0.4 is 4.72 Å². The van der Waals surface area contributed by atoms with Crippen LogP contribution in [0.5, 0.6) is 0 Å². The Bertz CT molecular complexity index is 922. The Balaban J connectivity index is 2.05. The Morgan fingerprint density at radius 2 is 2.00 bits per heavy atom. The van der Waals surface area contributed by atoms with Crippen LogP contribution in [0.25, 0.3) is 10.9 Å². The van der Waals surface area contributed by atoms with Gasteiger partial charge < -0.3 is 4.98 Å². The molecule has 0 atom stereocenters. The summed E-state index contributed by atoms with van der Waals surface area (Å²) in [6, 6.07) is 6.01. The van der Waals surface area contributed by atoms with Gasteiger partial charge >= 0.3 is 0 Å². The lowest BCUT2D eigenvalue weighted by molar-refractivity contribution is 0.601. The van der Waals surface area contributed by atoms with Crippen molar-refractivity contribution >= 4 is 49.8 Å². The lowest BCUT2D eigenvalue weighted by Gasteiger charge is -2.09. The second kappa shape index (κ2) is 5.22. The summed E-state index contributed by atoms with van der Waals surface area (Å²) in [5, 5.41) is 1.46. The van der Waals surface area contributed by atoms with Gasteiger partial charge in [-0.2, -0.15) is 0 Å². The lowest BCUT2D eigenvalue weighted by atomic mass is 10.3. The minimum Gasteiger partial charge on any atom is -0.358 e. The molecule has 5 nitrogen and oxygen atoms in total. The number of anilines is 1. The fourth-order valence-electron chi connectivity index (χ4n) is 1.93. The van der Waals surface area contributed by atoms with Gasteiger partial charge in [-0.3, -0.25) is 9.71 Å². The number of nitrogens with one attached hydrogen (secondary N) is 2. The zero-order valence-corrected chi connectivity index (χ0v) is 12.8. The van der Waals surface area contributed by atoms with E-state index >= 15 is 0 Å². The zero-order valence-electron chi connectivity index (χ0n) is 10.5. The monoisotopic (exact) mass is 341 g/mol. The van der Waals surface area contributed by atoms with Gasteiger partial charge in [0.1, 0.15) is 0 Å². The fourth-order valence-corrected chi connectivity index (χ4v) is 3.48. The minimum atomic E-state index is -3.76. The Morgan fingerprint density at radius 3 is 2.76 bits per heavy atom. The number of halogens is 2. The first kappa shape index (κ1) is 14.2. The van der Waals surface area contributed by atoms with Gasteiger partial charge in [0.05, 0.1) is 27.3 Å². The number of sulfonamides is 1. The molecule has 1 aromatic carbocycles. The number of fused-ring (bicyclic) bond motifs is 1. The molecule has 0 aliphatic carbocycles. The van der Waals surface area contributed by atoms with Crippen molar-refractivity contribution in [3.63, 3.8) is 0 Å². The van der Waals surface area contributed by atoms with Crippen LogP contribution in [0.1, 0.15) is 0 Å². The predicted octanol–water partition coefficient (Wildman–Crippen LogP) is 3.67. The molecule has 0 aliphatic rings. The van der Waals surface area contributed by atoms with Crippen molar-refractivity contribution in [2.24, 2.45) is 0 Å². The van der Waals surface area contributed by atoms with Crippen molar-refractivity contribution in [1.29, 1.82) is 0 Å². The molecule has 8 heteroatoms. The molecule has 0 bridgehead atoms. The molecule has 2 N–H and O–H groups in total. The number of hydrogen-bond acceptors (Lipinski definition) is 3. The molecular weight excluding hydrogens is 333 g/mol. The van der Waals surface area contributed by atoms with Gasteiger partial charge in [-0.25, -0.2) is 8.42 Å². The highest BCUT2D eigenvalue weighted by Gasteiger charge is 2.17. The number of aromatic nitrogens is 2. The normalized spacial score (nSPS) is 11.7. The van der Waals surface area contributed by atoms with E-state index in [4.69, 9.17) is 23.2 Å². The van der Waals surface area contributed by atoms with Crippen molar-refractivity contribution in [3.05, 3.63) is 52.9 Å². The van der Waals surface area contributed by atoms with Crippen LogP contribution in [-0.4, -0.2) is 18.4 Å². The molecule has 3 aromatic rings. The summed E-state index contributed by atoms with van der Waals surface area (Å²) < 4.78 is 27.2. The van der Waals surface area contributed by atoms with Crippen LogP contribution in [0.3, 0.4) is 0 Å². The van der Waals surface area contributed by atoms with Crippen LogP contribution in [0.15, 0.2) is 47.8 Å². The number of H-pyrrole nitrogens is 1. The first-order chi connectivity index (χ1) is 9.97. The molecule has 3 rings (SSSR count). The van der Waals surface area contributed by atoms with Crippen LogP contribution >= 0.6 is 23.2 Å². The molecule has 0 aliphatic heterocycles. The summed E-state index contributed by atoms with van der Waals surface area (Å²) in [5.74, 6) is 0. The molecular formula is C13H9Cl2N3O2S. The largest absolute Gasteiger partial charge is 0.358 e. The number of nitrogens with zero attached hydrogens (tertiary/aromatic N) is 1. The van der Waals surface area contributed by atoms with Crippen molar-refractivity contribution in [1.82, 2.24) is 9.97 Å². The molecule has 0 spiro atoms. The number of aromatic amines is 1. The van der Waals surface area contributed by atoms with Gasteiger partial charge in [-0.05, 0) is 18.2 Å². The van der Waals surface area contributed by atoms with Gasteiger partial charge in [-0.15, -0.1) is 0 Å². The van der Waals surface area contributed by atoms with E-state index in [2.05, 4.69) is 14.7 Å². The van der Waals surface area contributed by atoms with E-state index in [1.807, 2.05) is 0 Å². The van der Waals surface area contributed by atoms with Gasteiger partial charge in [0.25, 0.3) is 10.0 Å². The molecule has 0 amide bonds. The number of rotatable bonds is 3. The smallest absolute Gasteiger partial charge is 0.262 e. The van der Waals surface area contributed by atoms with E-state index in [1.165, 1.54) is 18.3 Å². The second-order valence-electron chi connectivity index (χ2n) is 4.31. The average molecular weight is 342 g/mol. The van der Waals surface area contributed by atoms with Crippen LogP contribution in [0, 0.1) is 0 Å². The molecule has 108 valence electrons. The highest BCUT2D eigenvalue weighted by molar-refractivity contribution is 7.92. The summed E-state index contributed by atoms with van der Waals surface area (Å²) in [4.78, 5) is 6.97. The van der Waals surface area contributed by atoms with Crippen LogP contribution in [-0.2, 0) is 10.0 Å². The van der Waals surface area contributed by atoms with E-state index in [0.29, 0.717) is 26.6 Å². The highest BCUT2D eigenvalue weighted by Crippen LogP contribution is 2.29. The van der Waals surface area contributed by atoms with Crippen LogP contribution in [0.2, 0.25) is 10.0 Å². The van der Waals surface area contributed by atoms with Gasteiger partial charge in [-0.1, -0.05) is 29.3 Å². The summed E-state index contributed by atoms with van der Waals surface area (Å²) in [5.41, 5.74) is 0.889. The third-order valence-electron chi connectivity index (χ3n) is 2.90. The van der Waals surface area contributed by atoms with Crippen molar-refractivity contribution in [2.45, 2.75) is 4.90 Å². The SMILES string of the molecule is O=S(=O)(Nc1cncc2c(Cl)c[nH]c12)c1cccc(Cl)c1. The van der Waals surface area contributed by atoms with E-state index in [1.54, 1.807) is 24.5 Å². The Labute approximate surface area is 131 Å². The molecule has 2 heterocycles. The van der Waals surface area contributed by atoms with Crippen LogP contribution in [0.4, 0.5) is 5.69 Å². The Morgan fingerprint density at radius 1 is 1.19 bits per heavy atom. The Kier molecular flexibility index (Phi) is 3.52. The zero-order chi connectivity index (χ0) is 15.0. The van der Waals surface area contributed by atoms with Crippen molar-refractivity contribution in [3.8, 4) is 0 Å². The summed E-state index contributed by atoms with van der Waals surface area (Å²) in [7, 11) is -3.76. The Hall–Kier alpha value is -1.76. The maximum atomic E-state index is 12.4. The van der Waals surface area contributed by atoms with Crippen molar-refractivity contribution in [2.75, 3.05) is 4.72 Å². The van der Waals surface area contributed by atoms with E-state index in [-0.39, 0.29) is 4.90 Å². The van der Waals surface area contributed by atoms with Gasteiger partial charge in [0.15, 0.2) is 0 Å². The summed E-state index contributed by atoms with van der Waals surface area (Å²) in [6.45, 7) is 0. The molecule has 0 unspecified atom stereocenters. The maximum absolute atomic E-state index is 12.4. The second-order valence-corrected chi connectivity index (χ2v) is 6.84. The third-order valence-corrected chi connectivity index (χ3v) is 4.81. The highest BCUT2D eigenvalue weighted by atomic mass is 35.5. The average Bonchev–Trinajstić information content (AvgIpc) is 2.82. The van der Waals surface area contributed by atoms with E-state index in [9.17, 15) is 8.42 Å². The van der Waals surface area contributed by atoms with Crippen molar-refractivity contribution < 1.29 is 8.42 Å². The first-order valence-electron chi connectivity index (χ1n) is 5.86. The molecule has 0 saturated heterocycles. The lowest BCUT2D eigenvalue weighted by Crippen LogP contribution is -2.13. The topological polar surface area (TPSA) is 74.8 Å². The molecule has 0 saturated carbocycles. The first-order valence-corrected chi connectivity index (χ1v) is 8.10. The standard InChI is InChI=1S/C13H9Cl2N3O2S/c14-8-2-1-3-9(4-8)21(19,20)18-12-7-16-5-10-11(15)6-17-13(10)12/h1-7,17-18H. The third kappa shape index (κ3) is 2.70. The number of benzene rings is 1. The predicted molar refractivity (Wildman–Crippen MR) is 83.4 cm³/mol. The molecule has 21 heavy (non-hydrogen) atoms. The minimum absolute atomic E-state index is 0.0738. The maximum Gasteiger partial charge on any atom is 0.262 e. The number of hydrogen-bond donors (Lipinski definition) is 2. The van der Waals surface area contributed by atoms with E-state index < -0.39 is 10.0 Å².